The average molecular weight is 336 g/mol. The molecule has 0 aliphatic heterocycles. The highest BCUT2D eigenvalue weighted by atomic mass is 19.4. The zero-order valence-corrected chi connectivity index (χ0v) is 13.1. The first-order valence-electron chi connectivity index (χ1n) is 7.67. The maximum absolute atomic E-state index is 12.8. The van der Waals surface area contributed by atoms with Crippen LogP contribution in [0.2, 0.25) is 0 Å². The normalized spacial score (nSPS) is 11.3. The van der Waals surface area contributed by atoms with Gasteiger partial charge < -0.3 is 10.6 Å². The fourth-order valence-corrected chi connectivity index (χ4v) is 2.30. The van der Waals surface area contributed by atoms with Crippen molar-refractivity contribution >= 4 is 11.6 Å². The monoisotopic (exact) mass is 336 g/mol. The van der Waals surface area contributed by atoms with E-state index in [-0.39, 0.29) is 12.2 Å². The van der Waals surface area contributed by atoms with Crippen LogP contribution in [0.5, 0.6) is 0 Å². The zero-order valence-electron chi connectivity index (χ0n) is 13.1. The molecule has 0 radical (unpaired) electrons. The number of carbonyl (C=O) groups is 1. The van der Waals surface area contributed by atoms with Crippen LogP contribution in [0, 0.1) is 0 Å². The molecule has 24 heavy (non-hydrogen) atoms. The molecule has 0 heterocycles. The highest BCUT2D eigenvalue weighted by Gasteiger charge is 2.33. The summed E-state index contributed by atoms with van der Waals surface area (Å²) in [6.45, 7) is 0.588. The highest BCUT2D eigenvalue weighted by molar-refractivity contribution is 5.93. The molecule has 0 spiro atoms. The van der Waals surface area contributed by atoms with Gasteiger partial charge in [0.2, 0.25) is 5.91 Å². The van der Waals surface area contributed by atoms with Crippen LogP contribution in [0.3, 0.4) is 0 Å². The molecule has 0 aliphatic rings. The van der Waals surface area contributed by atoms with E-state index in [0.717, 1.165) is 18.9 Å². The number of rotatable bonds is 7. The van der Waals surface area contributed by atoms with Crippen LogP contribution >= 0.6 is 0 Å². The lowest BCUT2D eigenvalue weighted by Gasteiger charge is -2.13. The number of para-hydroxylation sites is 1. The molecule has 0 aliphatic carbocycles. The van der Waals surface area contributed by atoms with Gasteiger partial charge in [-0.15, -0.1) is 0 Å². The van der Waals surface area contributed by atoms with Crippen molar-refractivity contribution in [2.45, 2.75) is 19.0 Å². The number of hydrogen-bond donors (Lipinski definition) is 2. The molecule has 0 unspecified atom stereocenters. The molecule has 3 nitrogen and oxygen atoms in total. The number of amides is 1. The number of hydrogen-bond acceptors (Lipinski definition) is 2. The Hall–Kier alpha value is -2.34. The first-order chi connectivity index (χ1) is 11.5. The molecular formula is C18H19F3N2O. The smallest absolute Gasteiger partial charge is 0.324 e. The average Bonchev–Trinajstić information content (AvgIpc) is 2.55. The van der Waals surface area contributed by atoms with Crippen molar-refractivity contribution < 1.29 is 18.0 Å². The lowest BCUT2D eigenvalue weighted by molar-refractivity contribution is -0.137. The number of carbonyl (C=O) groups excluding carboxylic acids is 1. The lowest BCUT2D eigenvalue weighted by Crippen LogP contribution is -2.29. The summed E-state index contributed by atoms with van der Waals surface area (Å²) in [7, 11) is 0. The molecule has 0 aromatic heterocycles. The van der Waals surface area contributed by atoms with E-state index in [4.69, 9.17) is 0 Å². The predicted octanol–water partition coefficient (Wildman–Crippen LogP) is 3.87. The third-order valence-corrected chi connectivity index (χ3v) is 3.45. The number of aryl methyl sites for hydroxylation is 1. The Balaban J connectivity index is 1.74. The van der Waals surface area contributed by atoms with Crippen LogP contribution in [0.4, 0.5) is 18.9 Å². The second kappa shape index (κ2) is 8.49. The summed E-state index contributed by atoms with van der Waals surface area (Å²) in [6, 6.07) is 14.9. The van der Waals surface area contributed by atoms with Crippen molar-refractivity contribution in [2.24, 2.45) is 0 Å². The van der Waals surface area contributed by atoms with Gasteiger partial charge in [0, 0.05) is 0 Å². The molecule has 0 saturated heterocycles. The van der Waals surface area contributed by atoms with Crippen molar-refractivity contribution in [3.63, 3.8) is 0 Å². The summed E-state index contributed by atoms with van der Waals surface area (Å²) in [5, 5.41) is 5.24. The van der Waals surface area contributed by atoms with Crippen molar-refractivity contribution in [2.75, 3.05) is 18.4 Å². The Bertz CT molecular complexity index is 657. The third-order valence-electron chi connectivity index (χ3n) is 3.45. The van der Waals surface area contributed by atoms with Crippen LogP contribution in [-0.2, 0) is 17.4 Å². The Morgan fingerprint density at radius 1 is 0.958 bits per heavy atom. The van der Waals surface area contributed by atoms with Gasteiger partial charge in [0.15, 0.2) is 0 Å². The quantitative estimate of drug-likeness (QED) is 0.754. The summed E-state index contributed by atoms with van der Waals surface area (Å²) in [4.78, 5) is 11.8. The number of anilines is 1. The van der Waals surface area contributed by atoms with Crippen LogP contribution in [0.25, 0.3) is 0 Å². The second-order valence-corrected chi connectivity index (χ2v) is 5.36. The molecule has 2 rings (SSSR count). The fourth-order valence-electron chi connectivity index (χ4n) is 2.30. The van der Waals surface area contributed by atoms with Crippen molar-refractivity contribution in [3.05, 3.63) is 65.7 Å². The van der Waals surface area contributed by atoms with E-state index in [1.165, 1.54) is 23.8 Å². The van der Waals surface area contributed by atoms with E-state index in [0.29, 0.717) is 6.54 Å². The second-order valence-electron chi connectivity index (χ2n) is 5.36. The summed E-state index contributed by atoms with van der Waals surface area (Å²) in [5.41, 5.74) is 0.145. The summed E-state index contributed by atoms with van der Waals surface area (Å²) >= 11 is 0. The lowest BCUT2D eigenvalue weighted by atomic mass is 10.1. The van der Waals surface area contributed by atoms with Crippen molar-refractivity contribution in [3.8, 4) is 0 Å². The van der Waals surface area contributed by atoms with E-state index >= 15 is 0 Å². The predicted molar refractivity (Wildman–Crippen MR) is 87.7 cm³/mol. The maximum Gasteiger partial charge on any atom is 0.418 e. The van der Waals surface area contributed by atoms with Gasteiger partial charge in [-0.25, -0.2) is 0 Å². The largest absolute Gasteiger partial charge is 0.418 e. The molecule has 1 amide bonds. The molecule has 2 N–H and O–H groups in total. The summed E-state index contributed by atoms with van der Waals surface area (Å²) in [5.74, 6) is -0.494. The van der Waals surface area contributed by atoms with Gasteiger partial charge in [-0.05, 0) is 37.1 Å². The SMILES string of the molecule is O=C(CNCCCc1ccccc1)Nc1ccccc1C(F)(F)F. The van der Waals surface area contributed by atoms with E-state index in [9.17, 15) is 18.0 Å². The van der Waals surface area contributed by atoms with E-state index in [1.54, 1.807) is 0 Å². The van der Waals surface area contributed by atoms with Gasteiger partial charge in [0.1, 0.15) is 0 Å². The molecule has 128 valence electrons. The molecule has 2 aromatic carbocycles. The molecule has 0 fully saturated rings. The van der Waals surface area contributed by atoms with Gasteiger partial charge in [0.05, 0.1) is 17.8 Å². The molecule has 0 atom stereocenters. The van der Waals surface area contributed by atoms with Gasteiger partial charge in [-0.2, -0.15) is 13.2 Å². The maximum atomic E-state index is 12.8. The molecule has 0 saturated carbocycles. The zero-order chi connectivity index (χ0) is 17.4. The highest BCUT2D eigenvalue weighted by Crippen LogP contribution is 2.34. The Labute approximate surface area is 138 Å². The van der Waals surface area contributed by atoms with Crippen LogP contribution < -0.4 is 10.6 Å². The van der Waals surface area contributed by atoms with Crippen LogP contribution in [-0.4, -0.2) is 19.0 Å². The Morgan fingerprint density at radius 3 is 2.33 bits per heavy atom. The van der Waals surface area contributed by atoms with E-state index in [2.05, 4.69) is 10.6 Å². The van der Waals surface area contributed by atoms with Gasteiger partial charge >= 0.3 is 6.18 Å². The van der Waals surface area contributed by atoms with Crippen molar-refractivity contribution in [1.82, 2.24) is 5.32 Å². The van der Waals surface area contributed by atoms with Crippen molar-refractivity contribution in [1.29, 1.82) is 0 Å². The topological polar surface area (TPSA) is 41.1 Å². The van der Waals surface area contributed by atoms with Crippen LogP contribution in [0.1, 0.15) is 17.5 Å². The van der Waals surface area contributed by atoms with Gasteiger partial charge in [-0.1, -0.05) is 42.5 Å². The van der Waals surface area contributed by atoms with Gasteiger partial charge in [0.25, 0.3) is 0 Å². The first-order valence-corrected chi connectivity index (χ1v) is 7.67. The number of benzene rings is 2. The summed E-state index contributed by atoms with van der Waals surface area (Å²) in [6.07, 6.45) is -2.77. The van der Waals surface area contributed by atoms with E-state index in [1.807, 2.05) is 30.3 Å². The molecule has 6 heteroatoms. The van der Waals surface area contributed by atoms with Crippen LogP contribution in [0.15, 0.2) is 54.6 Å². The molecule has 0 bridgehead atoms. The minimum atomic E-state index is -4.49. The summed E-state index contributed by atoms with van der Waals surface area (Å²) < 4.78 is 38.5. The van der Waals surface area contributed by atoms with E-state index < -0.39 is 17.6 Å². The number of halogens is 3. The number of nitrogens with one attached hydrogen (secondary N) is 2. The minimum Gasteiger partial charge on any atom is -0.324 e. The molecular weight excluding hydrogens is 317 g/mol. The fraction of sp³-hybridized carbons (Fsp3) is 0.278. The van der Waals surface area contributed by atoms with Gasteiger partial charge in [-0.3, -0.25) is 4.79 Å². The Kier molecular flexibility index (Phi) is 6.37. The third kappa shape index (κ3) is 5.70. The first kappa shape index (κ1) is 18.0. The minimum absolute atomic E-state index is 0.0268. The number of alkyl halides is 3. The standard InChI is InChI=1S/C18H19F3N2O/c19-18(20,21)15-10-4-5-11-16(15)23-17(24)13-22-12-6-9-14-7-2-1-3-8-14/h1-5,7-8,10-11,22H,6,9,12-13H2,(H,23,24). The Morgan fingerprint density at radius 2 is 1.62 bits per heavy atom. The molecule has 2 aromatic rings.